The van der Waals surface area contributed by atoms with Crippen molar-refractivity contribution in [3.05, 3.63) is 65.7 Å². The van der Waals surface area contributed by atoms with E-state index in [4.69, 9.17) is 15.6 Å². The average Bonchev–Trinajstić information content (AvgIpc) is 2.87. The first-order valence-corrected chi connectivity index (χ1v) is 11.5. The summed E-state index contributed by atoms with van der Waals surface area (Å²) in [5, 5.41) is 18.9. The number of nitrogens with two attached hydrogens (primary N) is 1. The topological polar surface area (TPSA) is 189 Å². The third-order valence-corrected chi connectivity index (χ3v) is 5.13. The van der Waals surface area contributed by atoms with Crippen molar-refractivity contribution in [2.45, 2.75) is 51.6 Å². The molecule has 0 radical (unpaired) electrons. The van der Waals surface area contributed by atoms with Gasteiger partial charge in [0.15, 0.2) is 0 Å². The second-order valence-electron chi connectivity index (χ2n) is 8.23. The molecule has 37 heavy (non-hydrogen) atoms. The van der Waals surface area contributed by atoms with Gasteiger partial charge in [-0.3, -0.25) is 19.2 Å². The number of hydrogen-bond acceptors (Lipinski definition) is 7. The minimum absolute atomic E-state index is 0.0225. The van der Waals surface area contributed by atoms with Gasteiger partial charge in [-0.2, -0.15) is 0 Å². The molecule has 0 aliphatic carbocycles. The molecule has 3 atom stereocenters. The molecule has 2 aromatic rings. The molecule has 198 valence electrons. The molecule has 0 bridgehead atoms. The number of rotatable bonds is 12. The summed E-state index contributed by atoms with van der Waals surface area (Å²) in [6.07, 6.45) is -1.29. The second kappa shape index (κ2) is 14.2. The van der Waals surface area contributed by atoms with E-state index in [-0.39, 0.29) is 13.2 Å². The lowest BCUT2D eigenvalue weighted by molar-refractivity contribution is -0.132. The third-order valence-electron chi connectivity index (χ3n) is 5.13. The average molecular weight is 514 g/mol. The van der Waals surface area contributed by atoms with Gasteiger partial charge in [-0.05, 0) is 37.1 Å². The molecule has 2 rings (SSSR count). The number of primary amides is 1. The second-order valence-corrected chi connectivity index (χ2v) is 8.23. The van der Waals surface area contributed by atoms with E-state index >= 15 is 0 Å². The fourth-order valence-corrected chi connectivity index (χ4v) is 3.04. The molecule has 5 amide bonds. The number of anilines is 1. The van der Waals surface area contributed by atoms with E-state index in [1.165, 1.54) is 13.8 Å². The van der Waals surface area contributed by atoms with E-state index in [1.54, 1.807) is 48.5 Å². The van der Waals surface area contributed by atoms with Crippen molar-refractivity contribution in [2.24, 2.45) is 5.73 Å². The Morgan fingerprint density at radius 1 is 0.811 bits per heavy atom. The molecule has 12 heteroatoms. The van der Waals surface area contributed by atoms with Gasteiger partial charge in [0.2, 0.25) is 23.6 Å². The number of carbonyl (C=O) groups is 5. The first-order chi connectivity index (χ1) is 17.6. The van der Waals surface area contributed by atoms with E-state index in [0.717, 1.165) is 5.56 Å². The molecular formula is C25H31N5O7. The molecule has 2 aromatic carbocycles. The van der Waals surface area contributed by atoms with Crippen LogP contribution < -0.4 is 27.0 Å². The normalized spacial score (nSPS) is 12.8. The van der Waals surface area contributed by atoms with Gasteiger partial charge in [-0.15, -0.1) is 0 Å². The zero-order valence-electron chi connectivity index (χ0n) is 20.5. The first kappa shape index (κ1) is 28.8. The molecule has 12 nitrogen and oxygen atoms in total. The molecule has 0 aromatic heterocycles. The molecule has 0 saturated heterocycles. The predicted octanol–water partition coefficient (Wildman–Crippen LogP) is 0.297. The Hall–Kier alpha value is -4.45. The van der Waals surface area contributed by atoms with Crippen LogP contribution in [0.25, 0.3) is 0 Å². The smallest absolute Gasteiger partial charge is 0.408 e. The van der Waals surface area contributed by atoms with Crippen LogP contribution in [0.2, 0.25) is 0 Å². The molecule has 0 spiro atoms. The fourth-order valence-electron chi connectivity index (χ4n) is 3.04. The largest absolute Gasteiger partial charge is 0.445 e. The number of ether oxygens (including phenoxy) is 1. The molecule has 0 aliphatic rings. The van der Waals surface area contributed by atoms with Crippen LogP contribution in [0.4, 0.5) is 10.5 Å². The molecule has 0 aliphatic heterocycles. The molecular weight excluding hydrogens is 482 g/mol. The zero-order chi connectivity index (χ0) is 27.4. The van der Waals surface area contributed by atoms with Crippen LogP contribution in [-0.4, -0.2) is 53.0 Å². The van der Waals surface area contributed by atoms with Gasteiger partial charge in [-0.25, -0.2) is 4.79 Å². The highest BCUT2D eigenvalue weighted by Crippen LogP contribution is 2.10. The van der Waals surface area contributed by atoms with E-state index in [9.17, 15) is 24.0 Å². The summed E-state index contributed by atoms with van der Waals surface area (Å²) in [6.45, 7) is 2.64. The van der Waals surface area contributed by atoms with E-state index in [0.29, 0.717) is 11.3 Å². The maximum atomic E-state index is 12.6. The van der Waals surface area contributed by atoms with Crippen LogP contribution in [-0.2, 0) is 37.1 Å². The molecule has 7 N–H and O–H groups in total. The van der Waals surface area contributed by atoms with Gasteiger partial charge in [0.05, 0.1) is 13.0 Å². The van der Waals surface area contributed by atoms with Crippen molar-refractivity contribution in [3.8, 4) is 0 Å². The van der Waals surface area contributed by atoms with Crippen LogP contribution in [0.15, 0.2) is 54.6 Å². The number of alkyl carbamates (subject to hydrolysis) is 1. The SMILES string of the molecule is C[C@H](NC(=O)OCc1ccccc1)C(=O)N[C@@H](C)C(=O)N[C@@H](CC(N)=O)C(=O)Nc1ccc(CO)cc1. The van der Waals surface area contributed by atoms with Gasteiger partial charge < -0.3 is 36.8 Å². The van der Waals surface area contributed by atoms with Crippen LogP contribution in [0.5, 0.6) is 0 Å². The van der Waals surface area contributed by atoms with Crippen molar-refractivity contribution in [3.63, 3.8) is 0 Å². The first-order valence-electron chi connectivity index (χ1n) is 11.5. The van der Waals surface area contributed by atoms with Crippen LogP contribution in [0.3, 0.4) is 0 Å². The van der Waals surface area contributed by atoms with Gasteiger partial charge in [-0.1, -0.05) is 42.5 Å². The van der Waals surface area contributed by atoms with Crippen LogP contribution in [0.1, 0.15) is 31.4 Å². The Morgan fingerprint density at radius 3 is 2.00 bits per heavy atom. The number of nitrogens with one attached hydrogen (secondary N) is 4. The Labute approximate surface area is 213 Å². The summed E-state index contributed by atoms with van der Waals surface area (Å²) in [4.78, 5) is 61.1. The van der Waals surface area contributed by atoms with E-state index < -0.39 is 54.3 Å². The molecule has 0 fully saturated rings. The van der Waals surface area contributed by atoms with Crippen molar-refractivity contribution in [1.82, 2.24) is 16.0 Å². The summed E-state index contributed by atoms with van der Waals surface area (Å²) >= 11 is 0. The number of aliphatic hydroxyl groups is 1. The van der Waals surface area contributed by atoms with E-state index in [2.05, 4.69) is 21.3 Å². The molecule has 0 saturated carbocycles. The number of hydrogen-bond donors (Lipinski definition) is 6. The standard InChI is InChI=1S/C25H31N5O7/c1-15(27-22(33)16(2)28-25(36)37-14-18-6-4-3-5-7-18)23(34)30-20(12-21(26)32)24(35)29-19-10-8-17(13-31)9-11-19/h3-11,15-16,20,31H,12-14H2,1-2H3,(H2,26,32)(H,27,33)(H,28,36)(H,29,35)(H,30,34)/t15-,16-,20-/m0/s1. The third kappa shape index (κ3) is 9.98. The lowest BCUT2D eigenvalue weighted by Gasteiger charge is -2.22. The Morgan fingerprint density at radius 2 is 1.41 bits per heavy atom. The van der Waals surface area contributed by atoms with E-state index in [1.807, 2.05) is 6.07 Å². The lowest BCUT2D eigenvalue weighted by Crippen LogP contribution is -2.55. The summed E-state index contributed by atoms with van der Waals surface area (Å²) < 4.78 is 5.07. The lowest BCUT2D eigenvalue weighted by atomic mass is 10.1. The Bertz CT molecular complexity index is 1090. The fraction of sp³-hybridized carbons (Fsp3) is 0.320. The maximum absolute atomic E-state index is 12.6. The van der Waals surface area contributed by atoms with Crippen molar-refractivity contribution in [2.75, 3.05) is 5.32 Å². The summed E-state index contributed by atoms with van der Waals surface area (Å²) in [5.74, 6) is -2.93. The highest BCUT2D eigenvalue weighted by Gasteiger charge is 2.27. The highest BCUT2D eigenvalue weighted by atomic mass is 16.5. The van der Waals surface area contributed by atoms with Crippen molar-refractivity contribution < 1.29 is 33.8 Å². The number of benzene rings is 2. The minimum atomic E-state index is -1.30. The maximum Gasteiger partial charge on any atom is 0.408 e. The van der Waals surface area contributed by atoms with Crippen LogP contribution in [0, 0.1) is 0 Å². The van der Waals surface area contributed by atoms with Gasteiger partial charge >= 0.3 is 6.09 Å². The summed E-state index contributed by atoms with van der Waals surface area (Å²) in [5.41, 5.74) is 7.02. The summed E-state index contributed by atoms with van der Waals surface area (Å²) in [6, 6.07) is 11.8. The zero-order valence-corrected chi connectivity index (χ0v) is 20.5. The van der Waals surface area contributed by atoms with Gasteiger partial charge in [0.25, 0.3) is 0 Å². The van der Waals surface area contributed by atoms with Gasteiger partial charge in [0.1, 0.15) is 24.7 Å². The minimum Gasteiger partial charge on any atom is -0.445 e. The quantitative estimate of drug-likeness (QED) is 0.235. The Kier molecular flexibility index (Phi) is 11.0. The number of amides is 5. The van der Waals surface area contributed by atoms with Crippen LogP contribution >= 0.6 is 0 Å². The number of carbonyl (C=O) groups excluding carboxylic acids is 5. The predicted molar refractivity (Wildman–Crippen MR) is 134 cm³/mol. The molecule has 0 heterocycles. The molecule has 0 unspecified atom stereocenters. The monoisotopic (exact) mass is 513 g/mol. The highest BCUT2D eigenvalue weighted by molar-refractivity contribution is 6.00. The van der Waals surface area contributed by atoms with Crippen molar-refractivity contribution in [1.29, 1.82) is 0 Å². The summed E-state index contributed by atoms with van der Waals surface area (Å²) in [7, 11) is 0. The number of aliphatic hydroxyl groups excluding tert-OH is 1. The Balaban J connectivity index is 1.87. The van der Waals surface area contributed by atoms with Crippen molar-refractivity contribution >= 4 is 35.4 Å². The van der Waals surface area contributed by atoms with Gasteiger partial charge in [0, 0.05) is 5.69 Å².